The summed E-state index contributed by atoms with van der Waals surface area (Å²) in [5, 5.41) is 16.9. The third kappa shape index (κ3) is 3.94. The standard InChI is InChI=1S/C13H21ClN4O/c1-2-15-13-16-8-9(14)12(18-13)17-10-6-4-3-5-7-11(10)19/h8,10-11,19H,2-7H2,1H3,(H2,15,16,17,18). The highest BCUT2D eigenvalue weighted by Gasteiger charge is 2.22. The van der Waals surface area contributed by atoms with Crippen molar-refractivity contribution in [1.29, 1.82) is 0 Å². The van der Waals surface area contributed by atoms with Gasteiger partial charge in [0, 0.05) is 6.54 Å². The Bertz CT molecular complexity index is 416. The predicted molar refractivity (Wildman–Crippen MR) is 77.7 cm³/mol. The van der Waals surface area contributed by atoms with Gasteiger partial charge in [0.05, 0.1) is 18.3 Å². The van der Waals surface area contributed by atoms with Crippen LogP contribution in [0.2, 0.25) is 5.02 Å². The molecule has 0 radical (unpaired) electrons. The Hall–Kier alpha value is -1.07. The molecule has 1 fully saturated rings. The lowest BCUT2D eigenvalue weighted by Gasteiger charge is -2.23. The monoisotopic (exact) mass is 284 g/mol. The van der Waals surface area contributed by atoms with Crippen LogP contribution >= 0.6 is 11.6 Å². The second kappa shape index (κ2) is 6.91. The van der Waals surface area contributed by atoms with E-state index in [4.69, 9.17) is 11.6 Å². The molecular weight excluding hydrogens is 264 g/mol. The molecule has 1 heterocycles. The minimum atomic E-state index is -0.337. The lowest BCUT2D eigenvalue weighted by Crippen LogP contribution is -2.33. The number of hydrogen-bond acceptors (Lipinski definition) is 5. The van der Waals surface area contributed by atoms with Crippen LogP contribution in [0.5, 0.6) is 0 Å². The normalized spacial score (nSPS) is 23.7. The summed E-state index contributed by atoms with van der Waals surface area (Å²) in [6.07, 6.45) is 6.40. The molecule has 0 spiro atoms. The summed E-state index contributed by atoms with van der Waals surface area (Å²) in [5.41, 5.74) is 0. The maximum absolute atomic E-state index is 10.1. The minimum absolute atomic E-state index is 0.0179. The van der Waals surface area contributed by atoms with Crippen LogP contribution in [0.25, 0.3) is 0 Å². The van der Waals surface area contributed by atoms with E-state index in [0.29, 0.717) is 16.8 Å². The van der Waals surface area contributed by atoms with Crippen molar-refractivity contribution in [2.75, 3.05) is 17.2 Å². The van der Waals surface area contributed by atoms with Crippen LogP contribution < -0.4 is 10.6 Å². The van der Waals surface area contributed by atoms with Gasteiger partial charge in [-0.3, -0.25) is 0 Å². The Morgan fingerprint density at radius 2 is 2.16 bits per heavy atom. The number of nitrogens with zero attached hydrogens (tertiary/aromatic N) is 2. The Morgan fingerprint density at radius 3 is 2.95 bits per heavy atom. The molecule has 0 aliphatic heterocycles. The van der Waals surface area contributed by atoms with E-state index >= 15 is 0 Å². The average Bonchev–Trinajstić information content (AvgIpc) is 2.59. The van der Waals surface area contributed by atoms with E-state index in [1.54, 1.807) is 6.20 Å². The molecule has 6 heteroatoms. The fourth-order valence-electron chi connectivity index (χ4n) is 2.34. The number of halogens is 1. The van der Waals surface area contributed by atoms with Crippen LogP contribution in [0.3, 0.4) is 0 Å². The molecule has 1 aromatic rings. The van der Waals surface area contributed by atoms with Crippen LogP contribution in [0.15, 0.2) is 6.20 Å². The molecule has 19 heavy (non-hydrogen) atoms. The molecule has 1 aliphatic carbocycles. The van der Waals surface area contributed by atoms with Crippen LogP contribution in [0.4, 0.5) is 11.8 Å². The fourth-order valence-corrected chi connectivity index (χ4v) is 2.49. The molecule has 3 N–H and O–H groups in total. The Balaban J connectivity index is 2.09. The summed E-state index contributed by atoms with van der Waals surface area (Å²) in [6.45, 7) is 2.74. The molecule has 0 bridgehead atoms. The minimum Gasteiger partial charge on any atom is -0.391 e. The number of aliphatic hydroxyl groups excluding tert-OH is 1. The highest BCUT2D eigenvalue weighted by molar-refractivity contribution is 6.32. The first kappa shape index (κ1) is 14.3. The van der Waals surface area contributed by atoms with E-state index in [-0.39, 0.29) is 12.1 Å². The van der Waals surface area contributed by atoms with Gasteiger partial charge in [-0.1, -0.05) is 30.9 Å². The van der Waals surface area contributed by atoms with Gasteiger partial charge in [0.1, 0.15) is 5.02 Å². The molecule has 2 unspecified atom stereocenters. The number of anilines is 2. The first-order valence-electron chi connectivity index (χ1n) is 6.91. The SMILES string of the molecule is CCNc1ncc(Cl)c(NC2CCCCCC2O)n1. The Labute approximate surface area is 118 Å². The van der Waals surface area contributed by atoms with Gasteiger partial charge >= 0.3 is 0 Å². The van der Waals surface area contributed by atoms with E-state index in [1.165, 1.54) is 6.42 Å². The molecule has 1 aliphatic rings. The van der Waals surface area contributed by atoms with E-state index < -0.39 is 0 Å². The largest absolute Gasteiger partial charge is 0.391 e. The highest BCUT2D eigenvalue weighted by Crippen LogP contribution is 2.25. The molecule has 106 valence electrons. The molecule has 1 saturated carbocycles. The van der Waals surface area contributed by atoms with E-state index in [2.05, 4.69) is 20.6 Å². The number of hydrogen-bond donors (Lipinski definition) is 3. The van der Waals surface area contributed by atoms with Crippen molar-refractivity contribution < 1.29 is 5.11 Å². The van der Waals surface area contributed by atoms with Crippen LogP contribution in [0.1, 0.15) is 39.0 Å². The number of aliphatic hydroxyl groups is 1. The predicted octanol–water partition coefficient (Wildman–Crippen LogP) is 2.67. The van der Waals surface area contributed by atoms with Gasteiger partial charge in [-0.15, -0.1) is 0 Å². The third-order valence-electron chi connectivity index (χ3n) is 3.38. The van der Waals surface area contributed by atoms with Crippen LogP contribution in [-0.2, 0) is 0 Å². The number of nitrogens with one attached hydrogen (secondary N) is 2. The first-order valence-corrected chi connectivity index (χ1v) is 7.29. The zero-order valence-corrected chi connectivity index (χ0v) is 12.0. The van der Waals surface area contributed by atoms with Crippen molar-refractivity contribution in [3.05, 3.63) is 11.2 Å². The summed E-state index contributed by atoms with van der Waals surface area (Å²) in [6, 6.07) is 0.0179. The maximum Gasteiger partial charge on any atom is 0.224 e. The average molecular weight is 285 g/mol. The van der Waals surface area contributed by atoms with Crippen LogP contribution in [-0.4, -0.2) is 33.8 Å². The zero-order chi connectivity index (χ0) is 13.7. The number of aromatic nitrogens is 2. The van der Waals surface area contributed by atoms with Crippen LogP contribution in [0, 0.1) is 0 Å². The van der Waals surface area contributed by atoms with Gasteiger partial charge < -0.3 is 15.7 Å². The van der Waals surface area contributed by atoms with Gasteiger partial charge in [-0.25, -0.2) is 4.98 Å². The molecule has 0 amide bonds. The van der Waals surface area contributed by atoms with E-state index in [1.807, 2.05) is 6.92 Å². The summed E-state index contributed by atoms with van der Waals surface area (Å²) >= 11 is 6.11. The highest BCUT2D eigenvalue weighted by atomic mass is 35.5. The molecular formula is C13H21ClN4O. The van der Waals surface area contributed by atoms with Crippen molar-refractivity contribution in [3.63, 3.8) is 0 Å². The fraction of sp³-hybridized carbons (Fsp3) is 0.692. The lowest BCUT2D eigenvalue weighted by molar-refractivity contribution is 0.144. The van der Waals surface area contributed by atoms with Crippen molar-refractivity contribution in [3.8, 4) is 0 Å². The lowest BCUT2D eigenvalue weighted by atomic mass is 10.1. The zero-order valence-electron chi connectivity index (χ0n) is 11.2. The molecule has 0 aromatic carbocycles. The first-order chi connectivity index (χ1) is 9.20. The summed E-state index contributed by atoms with van der Waals surface area (Å²) in [5.74, 6) is 1.15. The topological polar surface area (TPSA) is 70.1 Å². The van der Waals surface area contributed by atoms with Crippen molar-refractivity contribution in [2.45, 2.75) is 51.2 Å². The van der Waals surface area contributed by atoms with Crippen molar-refractivity contribution in [1.82, 2.24) is 9.97 Å². The van der Waals surface area contributed by atoms with E-state index in [9.17, 15) is 5.11 Å². The molecule has 1 aromatic heterocycles. The van der Waals surface area contributed by atoms with Gasteiger partial charge in [-0.05, 0) is 19.8 Å². The summed E-state index contributed by atoms with van der Waals surface area (Å²) < 4.78 is 0. The van der Waals surface area contributed by atoms with Gasteiger partial charge in [0.15, 0.2) is 5.82 Å². The smallest absolute Gasteiger partial charge is 0.224 e. The van der Waals surface area contributed by atoms with Gasteiger partial charge in [-0.2, -0.15) is 4.98 Å². The molecule has 2 rings (SSSR count). The Kier molecular flexibility index (Phi) is 5.22. The third-order valence-corrected chi connectivity index (χ3v) is 3.66. The van der Waals surface area contributed by atoms with Crippen molar-refractivity contribution >= 4 is 23.4 Å². The maximum atomic E-state index is 10.1. The molecule has 2 atom stereocenters. The summed E-state index contributed by atoms with van der Waals surface area (Å²) in [7, 11) is 0. The second-order valence-electron chi connectivity index (χ2n) is 4.88. The summed E-state index contributed by atoms with van der Waals surface area (Å²) in [4.78, 5) is 8.45. The Morgan fingerprint density at radius 1 is 1.37 bits per heavy atom. The van der Waals surface area contributed by atoms with Gasteiger partial charge in [0.25, 0.3) is 0 Å². The second-order valence-corrected chi connectivity index (χ2v) is 5.28. The quantitative estimate of drug-likeness (QED) is 0.742. The number of rotatable bonds is 4. The molecule has 5 nitrogen and oxygen atoms in total. The van der Waals surface area contributed by atoms with Crippen molar-refractivity contribution in [2.24, 2.45) is 0 Å². The van der Waals surface area contributed by atoms with E-state index in [0.717, 1.165) is 32.2 Å². The molecule has 0 saturated heterocycles. The van der Waals surface area contributed by atoms with Gasteiger partial charge in [0.2, 0.25) is 5.95 Å².